The molecule has 4 aromatic carbocycles. The highest BCUT2D eigenvalue weighted by Crippen LogP contribution is 2.47. The molecule has 6 nitrogen and oxygen atoms in total. The monoisotopic (exact) mass is 628 g/mol. The number of nitrogens with one attached hydrogen (secondary N) is 1. The zero-order valence-corrected chi connectivity index (χ0v) is 27.1. The van der Waals surface area contributed by atoms with Crippen molar-refractivity contribution in [1.82, 2.24) is 4.57 Å². The number of allylic oxidation sites excluding steroid dienone is 1. The molecule has 0 spiro atoms. The van der Waals surface area contributed by atoms with Gasteiger partial charge in [-0.25, -0.2) is 4.99 Å². The third-order valence-corrected chi connectivity index (χ3v) is 10.4. The quantitative estimate of drug-likeness (QED) is 0.223. The first-order valence-electron chi connectivity index (χ1n) is 14.9. The summed E-state index contributed by atoms with van der Waals surface area (Å²) in [6, 6.07) is 31.6. The highest BCUT2D eigenvalue weighted by atomic mass is 32.2. The van der Waals surface area contributed by atoms with E-state index in [1.165, 1.54) is 27.5 Å². The number of anilines is 3. The van der Waals surface area contributed by atoms with Crippen LogP contribution in [-0.4, -0.2) is 17.5 Å². The molecule has 0 aliphatic carbocycles. The van der Waals surface area contributed by atoms with Crippen molar-refractivity contribution in [2.45, 2.75) is 42.5 Å². The second-order valence-electron chi connectivity index (χ2n) is 11.6. The minimum absolute atomic E-state index is 0.165. The number of para-hydroxylation sites is 2. The van der Waals surface area contributed by atoms with E-state index in [2.05, 4.69) is 79.6 Å². The third-order valence-electron chi connectivity index (χ3n) is 8.31. The molecule has 3 heterocycles. The van der Waals surface area contributed by atoms with Crippen LogP contribution in [0.2, 0.25) is 0 Å². The Labute approximate surface area is 270 Å². The minimum Gasteiger partial charge on any atom is -0.343 e. The fourth-order valence-corrected chi connectivity index (χ4v) is 8.15. The summed E-state index contributed by atoms with van der Waals surface area (Å²) in [5.41, 5.74) is 6.90. The van der Waals surface area contributed by atoms with E-state index in [9.17, 15) is 9.59 Å². The van der Waals surface area contributed by atoms with Gasteiger partial charge in [0.05, 0.1) is 33.2 Å². The van der Waals surface area contributed by atoms with Crippen LogP contribution in [0.4, 0.5) is 17.1 Å². The maximum absolute atomic E-state index is 14.2. The zero-order valence-electron chi connectivity index (χ0n) is 25.4. The van der Waals surface area contributed by atoms with Crippen LogP contribution in [0.3, 0.4) is 0 Å². The maximum atomic E-state index is 14.2. The molecule has 224 valence electrons. The van der Waals surface area contributed by atoms with Gasteiger partial charge in [-0.2, -0.15) is 0 Å². The van der Waals surface area contributed by atoms with E-state index in [0.29, 0.717) is 32.2 Å². The Morgan fingerprint density at radius 1 is 0.911 bits per heavy atom. The Kier molecular flexibility index (Phi) is 7.55. The molecule has 1 atom stereocenters. The number of carbonyl (C=O) groups is 1. The number of amides is 1. The van der Waals surface area contributed by atoms with E-state index in [0.717, 1.165) is 21.7 Å². The number of carbonyl (C=O) groups excluding carboxylic acids is 1. The standard InChI is InChI=1S/C37H32N4O2S2/c1-22(2)25-15-17-26(18-16-25)34-33(35(42)39-27-10-6-5-7-11-27)23(3)38-37-41(34)36(43)32(45-37)21-24-14-19-29-31(20-24)44-30-13-9-8-12-28(30)40(29)4/h5-22,34H,1-4H3,(H,39,42)/b32-21+/t34-/m0/s1. The summed E-state index contributed by atoms with van der Waals surface area (Å²) < 4.78 is 2.26. The van der Waals surface area contributed by atoms with Crippen molar-refractivity contribution < 1.29 is 4.79 Å². The van der Waals surface area contributed by atoms with Crippen molar-refractivity contribution >= 4 is 52.1 Å². The largest absolute Gasteiger partial charge is 0.343 e. The Morgan fingerprint density at radius 2 is 1.62 bits per heavy atom. The molecule has 1 amide bonds. The normalized spacial score (nSPS) is 15.8. The molecule has 0 saturated carbocycles. The molecule has 0 radical (unpaired) electrons. The van der Waals surface area contributed by atoms with Gasteiger partial charge in [0.1, 0.15) is 0 Å². The lowest BCUT2D eigenvalue weighted by Crippen LogP contribution is -2.40. The SMILES string of the molecule is CC1=C(C(=O)Nc2ccccc2)[C@H](c2ccc(C(C)C)cc2)n2c(s/c(=C/c3ccc4c(c3)Sc3ccccc3N4C)c2=O)=N1. The van der Waals surface area contributed by atoms with Crippen LogP contribution < -0.4 is 25.1 Å². The van der Waals surface area contributed by atoms with Crippen molar-refractivity contribution in [2.24, 2.45) is 4.99 Å². The van der Waals surface area contributed by atoms with E-state index >= 15 is 0 Å². The van der Waals surface area contributed by atoms with E-state index in [1.54, 1.807) is 16.3 Å². The second-order valence-corrected chi connectivity index (χ2v) is 13.7. The Balaban J connectivity index is 1.32. The molecule has 0 fully saturated rings. The Morgan fingerprint density at radius 3 is 2.38 bits per heavy atom. The van der Waals surface area contributed by atoms with Crippen LogP contribution in [0.25, 0.3) is 6.08 Å². The highest BCUT2D eigenvalue weighted by Gasteiger charge is 2.32. The van der Waals surface area contributed by atoms with Crippen molar-refractivity contribution in [3.63, 3.8) is 0 Å². The summed E-state index contributed by atoms with van der Waals surface area (Å²) in [6.45, 7) is 6.15. The number of aromatic nitrogens is 1. The number of benzene rings is 4. The van der Waals surface area contributed by atoms with Crippen molar-refractivity contribution in [2.75, 3.05) is 17.3 Å². The zero-order chi connectivity index (χ0) is 31.2. The topological polar surface area (TPSA) is 66.7 Å². The molecule has 0 bridgehead atoms. The van der Waals surface area contributed by atoms with Gasteiger partial charge in [0.2, 0.25) is 0 Å². The average Bonchev–Trinajstić information content (AvgIpc) is 3.34. The third kappa shape index (κ3) is 5.34. The van der Waals surface area contributed by atoms with Gasteiger partial charge in [-0.3, -0.25) is 14.2 Å². The molecule has 2 aliphatic rings. The van der Waals surface area contributed by atoms with E-state index in [4.69, 9.17) is 4.99 Å². The summed E-state index contributed by atoms with van der Waals surface area (Å²) in [5.74, 6) is 0.0907. The van der Waals surface area contributed by atoms with Crippen LogP contribution in [-0.2, 0) is 4.79 Å². The molecule has 45 heavy (non-hydrogen) atoms. The number of rotatable bonds is 5. The van der Waals surface area contributed by atoms with E-state index in [-0.39, 0.29) is 11.5 Å². The van der Waals surface area contributed by atoms with Gasteiger partial charge in [-0.15, -0.1) is 0 Å². The van der Waals surface area contributed by atoms with E-state index in [1.807, 2.05) is 61.5 Å². The van der Waals surface area contributed by atoms with Gasteiger partial charge in [-0.05, 0) is 72.0 Å². The number of hydrogen-bond acceptors (Lipinski definition) is 6. The Bertz CT molecular complexity index is 2160. The molecule has 7 rings (SSSR count). The lowest BCUT2D eigenvalue weighted by Gasteiger charge is -2.29. The fraction of sp³-hybridized carbons (Fsp3) is 0.162. The number of fused-ring (bicyclic) bond motifs is 3. The molecule has 8 heteroatoms. The first-order valence-corrected chi connectivity index (χ1v) is 16.6. The molecule has 2 aliphatic heterocycles. The van der Waals surface area contributed by atoms with Crippen molar-refractivity contribution in [1.29, 1.82) is 0 Å². The van der Waals surface area contributed by atoms with Gasteiger partial charge < -0.3 is 10.2 Å². The molecule has 0 unspecified atom stereocenters. The number of nitrogens with zero attached hydrogens (tertiary/aromatic N) is 3. The summed E-state index contributed by atoms with van der Waals surface area (Å²) in [5, 5.41) is 3.03. The average molecular weight is 629 g/mol. The number of thiazole rings is 1. The first-order chi connectivity index (χ1) is 21.8. The van der Waals surface area contributed by atoms with Gasteiger partial charge >= 0.3 is 0 Å². The van der Waals surface area contributed by atoms with E-state index < -0.39 is 6.04 Å². The summed E-state index contributed by atoms with van der Waals surface area (Å²) in [6.07, 6.45) is 1.94. The van der Waals surface area contributed by atoms with Gasteiger partial charge in [0.15, 0.2) is 4.80 Å². The maximum Gasteiger partial charge on any atom is 0.271 e. The minimum atomic E-state index is -0.613. The molecule has 5 aromatic rings. The van der Waals surface area contributed by atoms with Crippen molar-refractivity contribution in [3.8, 4) is 0 Å². The summed E-state index contributed by atoms with van der Waals surface area (Å²) in [7, 11) is 2.08. The van der Waals surface area contributed by atoms with Crippen LogP contribution >= 0.6 is 23.1 Å². The van der Waals surface area contributed by atoms with Crippen LogP contribution in [0.15, 0.2) is 128 Å². The number of hydrogen-bond donors (Lipinski definition) is 1. The second kappa shape index (κ2) is 11.7. The predicted octanol–water partition coefficient (Wildman–Crippen LogP) is 7.23. The Hall–Kier alpha value is -4.66. The molecular formula is C37H32N4O2S2. The van der Waals surface area contributed by atoms with Crippen molar-refractivity contribution in [3.05, 3.63) is 145 Å². The van der Waals surface area contributed by atoms with Gasteiger partial charge in [-0.1, -0.05) is 97.6 Å². The lowest BCUT2D eigenvalue weighted by molar-refractivity contribution is -0.113. The predicted molar refractivity (Wildman–Crippen MR) is 184 cm³/mol. The van der Waals surface area contributed by atoms with Crippen LogP contribution in [0.5, 0.6) is 0 Å². The molecule has 0 saturated heterocycles. The van der Waals surface area contributed by atoms with Gasteiger partial charge in [0, 0.05) is 22.5 Å². The van der Waals surface area contributed by atoms with Crippen LogP contribution in [0, 0.1) is 0 Å². The summed E-state index contributed by atoms with van der Waals surface area (Å²) in [4.78, 5) is 38.0. The molecule has 1 N–H and O–H groups in total. The molecular weight excluding hydrogens is 597 g/mol. The lowest BCUT2D eigenvalue weighted by atomic mass is 9.93. The summed E-state index contributed by atoms with van der Waals surface area (Å²) >= 11 is 3.09. The smallest absolute Gasteiger partial charge is 0.271 e. The first kappa shape index (κ1) is 29.1. The highest BCUT2D eigenvalue weighted by molar-refractivity contribution is 7.99. The van der Waals surface area contributed by atoms with Crippen LogP contribution in [0.1, 0.15) is 49.4 Å². The fourth-order valence-electron chi connectivity index (χ4n) is 5.91. The molecule has 1 aromatic heterocycles. The van der Waals surface area contributed by atoms with Gasteiger partial charge in [0.25, 0.3) is 11.5 Å².